The maximum Gasteiger partial charge on any atom is 0.416 e. The van der Waals surface area contributed by atoms with E-state index in [9.17, 15) is 22.8 Å². The molecule has 0 aliphatic heterocycles. The van der Waals surface area contributed by atoms with Crippen molar-refractivity contribution >= 4 is 23.2 Å². The molecule has 2 amide bonds. The van der Waals surface area contributed by atoms with Crippen LogP contribution in [-0.4, -0.2) is 18.4 Å². The zero-order valence-electron chi connectivity index (χ0n) is 15.5. The molecule has 1 aromatic carbocycles. The SMILES string of the molecule is CCCC(NC(=O)CCCNC(=O)c1ccsc1)c1cccc(C(F)(F)F)c1. The third kappa shape index (κ3) is 6.67. The van der Waals surface area contributed by atoms with Crippen LogP contribution in [0.5, 0.6) is 0 Å². The standard InChI is InChI=1S/C20H23F3N2O2S/c1-2-5-17(14-6-3-7-16(12-14)20(21,22)23)25-18(26)8-4-10-24-19(27)15-9-11-28-13-15/h3,6-7,9,11-13,17H,2,4-5,8,10H2,1H3,(H,24,27)(H,25,26). The van der Waals surface area contributed by atoms with Crippen LogP contribution in [0, 0.1) is 0 Å². The number of carbonyl (C=O) groups excluding carboxylic acids is 2. The van der Waals surface area contributed by atoms with Crippen LogP contribution < -0.4 is 10.6 Å². The first-order valence-electron chi connectivity index (χ1n) is 9.08. The molecular formula is C20H23F3N2O2S. The Balaban J connectivity index is 1.86. The molecular weight excluding hydrogens is 389 g/mol. The van der Waals surface area contributed by atoms with Crippen LogP contribution in [0.25, 0.3) is 0 Å². The van der Waals surface area contributed by atoms with E-state index in [4.69, 9.17) is 0 Å². The fraction of sp³-hybridized carbons (Fsp3) is 0.400. The van der Waals surface area contributed by atoms with E-state index in [2.05, 4.69) is 10.6 Å². The largest absolute Gasteiger partial charge is 0.416 e. The Labute approximate surface area is 166 Å². The van der Waals surface area contributed by atoms with E-state index in [0.29, 0.717) is 30.5 Å². The quantitative estimate of drug-likeness (QED) is 0.574. The summed E-state index contributed by atoms with van der Waals surface area (Å²) in [5.41, 5.74) is 0.300. The van der Waals surface area contributed by atoms with Crippen LogP contribution in [0.1, 0.15) is 60.1 Å². The van der Waals surface area contributed by atoms with Crippen molar-refractivity contribution in [1.82, 2.24) is 10.6 Å². The highest BCUT2D eigenvalue weighted by atomic mass is 32.1. The van der Waals surface area contributed by atoms with Gasteiger partial charge in [-0.2, -0.15) is 24.5 Å². The first-order chi connectivity index (χ1) is 13.3. The van der Waals surface area contributed by atoms with Gasteiger partial charge in [0.05, 0.1) is 11.6 Å². The summed E-state index contributed by atoms with van der Waals surface area (Å²) in [6, 6.07) is 6.30. The number of hydrogen-bond acceptors (Lipinski definition) is 3. The topological polar surface area (TPSA) is 58.2 Å². The van der Waals surface area contributed by atoms with Crippen LogP contribution >= 0.6 is 11.3 Å². The average molecular weight is 412 g/mol. The summed E-state index contributed by atoms with van der Waals surface area (Å²) >= 11 is 1.43. The molecule has 1 unspecified atom stereocenters. The maximum absolute atomic E-state index is 12.9. The average Bonchev–Trinajstić information content (AvgIpc) is 3.19. The van der Waals surface area contributed by atoms with Crippen molar-refractivity contribution in [3.05, 3.63) is 57.8 Å². The van der Waals surface area contributed by atoms with Crippen molar-refractivity contribution < 1.29 is 22.8 Å². The molecule has 152 valence electrons. The number of alkyl halides is 3. The minimum absolute atomic E-state index is 0.184. The molecule has 2 N–H and O–H groups in total. The van der Waals surface area contributed by atoms with Gasteiger partial charge in [0, 0.05) is 23.9 Å². The maximum atomic E-state index is 12.9. The summed E-state index contributed by atoms with van der Waals surface area (Å²) < 4.78 is 38.8. The lowest BCUT2D eigenvalue weighted by atomic mass is 9.99. The zero-order chi connectivity index (χ0) is 20.6. The van der Waals surface area contributed by atoms with Gasteiger partial charge in [-0.25, -0.2) is 0 Å². The van der Waals surface area contributed by atoms with Crippen molar-refractivity contribution in [2.45, 2.75) is 44.8 Å². The number of carbonyl (C=O) groups is 2. The van der Waals surface area contributed by atoms with E-state index in [1.54, 1.807) is 17.5 Å². The van der Waals surface area contributed by atoms with Gasteiger partial charge in [-0.05, 0) is 42.0 Å². The molecule has 0 aliphatic carbocycles. The van der Waals surface area contributed by atoms with E-state index in [0.717, 1.165) is 18.6 Å². The second-order valence-electron chi connectivity index (χ2n) is 6.40. The first kappa shape index (κ1) is 21.9. The molecule has 2 aromatic rings. The Kier molecular flexibility index (Phi) is 8.04. The monoisotopic (exact) mass is 412 g/mol. The number of benzene rings is 1. The molecule has 8 heteroatoms. The molecule has 1 aromatic heterocycles. The predicted molar refractivity (Wildman–Crippen MR) is 103 cm³/mol. The Bertz CT molecular complexity index is 776. The minimum Gasteiger partial charge on any atom is -0.352 e. The number of halogens is 3. The molecule has 0 radical (unpaired) electrons. The third-order valence-electron chi connectivity index (χ3n) is 4.18. The molecule has 0 aliphatic rings. The van der Waals surface area contributed by atoms with Crippen LogP contribution in [0.2, 0.25) is 0 Å². The summed E-state index contributed by atoms with van der Waals surface area (Å²) in [7, 11) is 0. The van der Waals surface area contributed by atoms with Gasteiger partial charge in [-0.1, -0.05) is 25.5 Å². The van der Waals surface area contributed by atoms with E-state index < -0.39 is 17.8 Å². The molecule has 1 atom stereocenters. The van der Waals surface area contributed by atoms with E-state index in [-0.39, 0.29) is 18.2 Å². The molecule has 28 heavy (non-hydrogen) atoms. The fourth-order valence-electron chi connectivity index (χ4n) is 2.76. The minimum atomic E-state index is -4.42. The molecule has 0 spiro atoms. The van der Waals surface area contributed by atoms with Crippen LogP contribution in [0.4, 0.5) is 13.2 Å². The second kappa shape index (κ2) is 10.3. The van der Waals surface area contributed by atoms with Crippen molar-refractivity contribution in [2.24, 2.45) is 0 Å². The summed E-state index contributed by atoms with van der Waals surface area (Å²) in [6.45, 7) is 2.26. The van der Waals surface area contributed by atoms with Gasteiger partial charge in [0.1, 0.15) is 0 Å². The Morgan fingerprint density at radius 2 is 2.00 bits per heavy atom. The Hall–Kier alpha value is -2.35. The van der Waals surface area contributed by atoms with Gasteiger partial charge in [0.25, 0.3) is 5.91 Å². The number of thiophene rings is 1. The summed E-state index contributed by atoms with van der Waals surface area (Å²) in [5.74, 6) is -0.435. The number of rotatable bonds is 9. The van der Waals surface area contributed by atoms with Crippen LogP contribution in [0.15, 0.2) is 41.1 Å². The Morgan fingerprint density at radius 1 is 1.21 bits per heavy atom. The fourth-order valence-corrected chi connectivity index (χ4v) is 3.39. The van der Waals surface area contributed by atoms with Crippen LogP contribution in [-0.2, 0) is 11.0 Å². The normalized spacial score (nSPS) is 12.4. The Morgan fingerprint density at radius 3 is 2.64 bits per heavy atom. The van der Waals surface area contributed by atoms with Gasteiger partial charge in [0.15, 0.2) is 0 Å². The summed E-state index contributed by atoms with van der Waals surface area (Å²) in [4.78, 5) is 24.0. The van der Waals surface area contributed by atoms with Crippen molar-refractivity contribution in [3.63, 3.8) is 0 Å². The molecule has 0 saturated carbocycles. The van der Waals surface area contributed by atoms with Crippen molar-refractivity contribution in [1.29, 1.82) is 0 Å². The second-order valence-corrected chi connectivity index (χ2v) is 7.18. The number of hydrogen-bond donors (Lipinski definition) is 2. The highest BCUT2D eigenvalue weighted by Gasteiger charge is 2.31. The van der Waals surface area contributed by atoms with E-state index >= 15 is 0 Å². The van der Waals surface area contributed by atoms with E-state index in [1.807, 2.05) is 12.3 Å². The summed E-state index contributed by atoms with van der Waals surface area (Å²) in [5, 5.41) is 9.10. The molecule has 0 saturated heterocycles. The number of amides is 2. The van der Waals surface area contributed by atoms with Crippen LogP contribution in [0.3, 0.4) is 0 Å². The molecule has 1 heterocycles. The van der Waals surface area contributed by atoms with Crippen molar-refractivity contribution in [2.75, 3.05) is 6.54 Å². The summed E-state index contributed by atoms with van der Waals surface area (Å²) in [6.07, 6.45) is -2.52. The predicted octanol–water partition coefficient (Wildman–Crippen LogP) is 4.93. The molecule has 0 bridgehead atoms. The van der Waals surface area contributed by atoms with Gasteiger partial charge in [-0.3, -0.25) is 9.59 Å². The smallest absolute Gasteiger partial charge is 0.352 e. The van der Waals surface area contributed by atoms with Crippen molar-refractivity contribution in [3.8, 4) is 0 Å². The lowest BCUT2D eigenvalue weighted by Gasteiger charge is -2.20. The lowest BCUT2D eigenvalue weighted by molar-refractivity contribution is -0.137. The highest BCUT2D eigenvalue weighted by Crippen LogP contribution is 2.31. The van der Waals surface area contributed by atoms with Gasteiger partial charge in [0.2, 0.25) is 5.91 Å². The highest BCUT2D eigenvalue weighted by molar-refractivity contribution is 7.08. The van der Waals surface area contributed by atoms with Gasteiger partial charge in [-0.15, -0.1) is 0 Å². The first-order valence-corrected chi connectivity index (χ1v) is 10.0. The van der Waals surface area contributed by atoms with Gasteiger partial charge >= 0.3 is 6.18 Å². The number of nitrogens with one attached hydrogen (secondary N) is 2. The van der Waals surface area contributed by atoms with Gasteiger partial charge < -0.3 is 10.6 Å². The lowest BCUT2D eigenvalue weighted by Crippen LogP contribution is -2.30. The third-order valence-corrected chi connectivity index (χ3v) is 4.86. The zero-order valence-corrected chi connectivity index (χ0v) is 16.3. The molecule has 2 rings (SSSR count). The molecule has 0 fully saturated rings. The van der Waals surface area contributed by atoms with E-state index in [1.165, 1.54) is 17.4 Å². The molecule has 4 nitrogen and oxygen atoms in total.